The van der Waals surface area contributed by atoms with Gasteiger partial charge < -0.3 is 9.47 Å². The summed E-state index contributed by atoms with van der Waals surface area (Å²) >= 11 is 3.25. The van der Waals surface area contributed by atoms with E-state index in [9.17, 15) is 14.9 Å². The molecule has 0 N–H and O–H groups in total. The molecule has 0 spiro atoms. The second-order valence-electron chi connectivity index (χ2n) is 3.96. The lowest BCUT2D eigenvalue weighted by Gasteiger charge is -2.07. The molecule has 0 bridgehead atoms. The molecule has 0 heterocycles. The van der Waals surface area contributed by atoms with Crippen LogP contribution in [0.3, 0.4) is 0 Å². The van der Waals surface area contributed by atoms with Crippen LogP contribution in [0.1, 0.15) is 10.4 Å². The average molecular weight is 352 g/mol. The Kier molecular flexibility index (Phi) is 4.54. The highest BCUT2D eigenvalue weighted by Crippen LogP contribution is 2.29. The third-order valence-electron chi connectivity index (χ3n) is 2.65. The van der Waals surface area contributed by atoms with Crippen molar-refractivity contribution in [2.24, 2.45) is 0 Å². The van der Waals surface area contributed by atoms with Crippen LogP contribution < -0.4 is 9.47 Å². The van der Waals surface area contributed by atoms with Gasteiger partial charge in [0.15, 0.2) is 5.75 Å². The predicted octanol–water partition coefficient (Wildman–Crippen LogP) is 3.59. The molecule has 0 atom stereocenters. The molecule has 0 amide bonds. The molecular weight excluding hydrogens is 342 g/mol. The molecule has 0 aliphatic carbocycles. The molecule has 108 valence electrons. The predicted molar refractivity (Wildman–Crippen MR) is 78.7 cm³/mol. The molecule has 0 aliphatic rings. The number of hydrogen-bond acceptors (Lipinski definition) is 5. The average Bonchev–Trinajstić information content (AvgIpc) is 2.48. The normalized spacial score (nSPS) is 10.0. The summed E-state index contributed by atoms with van der Waals surface area (Å²) in [6.45, 7) is 0. The summed E-state index contributed by atoms with van der Waals surface area (Å²) in [6, 6.07) is 10.7. The summed E-state index contributed by atoms with van der Waals surface area (Å²) in [5, 5.41) is 10.9. The van der Waals surface area contributed by atoms with Gasteiger partial charge in [-0.3, -0.25) is 10.1 Å². The number of methoxy groups -OCH3 is 1. The van der Waals surface area contributed by atoms with Crippen molar-refractivity contribution >= 4 is 27.6 Å². The van der Waals surface area contributed by atoms with E-state index in [4.69, 9.17) is 9.47 Å². The van der Waals surface area contributed by atoms with Gasteiger partial charge in [-0.1, -0.05) is 12.1 Å². The number of carbonyl (C=O) groups is 1. The summed E-state index contributed by atoms with van der Waals surface area (Å²) in [7, 11) is 1.32. The van der Waals surface area contributed by atoms with E-state index >= 15 is 0 Å². The van der Waals surface area contributed by atoms with Crippen molar-refractivity contribution in [1.29, 1.82) is 0 Å². The number of nitro benzene ring substituents is 1. The zero-order chi connectivity index (χ0) is 15.4. The first-order valence-corrected chi connectivity index (χ1v) is 6.61. The largest absolute Gasteiger partial charge is 0.490 e. The molecule has 0 aromatic heterocycles. The Bertz CT molecular complexity index is 702. The molecule has 0 radical (unpaired) electrons. The number of ether oxygens (including phenoxy) is 2. The van der Waals surface area contributed by atoms with Crippen molar-refractivity contribution < 1.29 is 19.2 Å². The lowest BCUT2D eigenvalue weighted by Crippen LogP contribution is -2.09. The first-order valence-electron chi connectivity index (χ1n) is 5.82. The van der Waals surface area contributed by atoms with Gasteiger partial charge in [0.1, 0.15) is 5.75 Å². The third-order valence-corrected chi connectivity index (χ3v) is 3.31. The maximum Gasteiger partial charge on any atom is 0.343 e. The smallest absolute Gasteiger partial charge is 0.343 e. The first-order chi connectivity index (χ1) is 10.0. The van der Waals surface area contributed by atoms with Crippen LogP contribution in [0, 0.1) is 10.1 Å². The summed E-state index contributed by atoms with van der Waals surface area (Å²) in [4.78, 5) is 22.4. The van der Waals surface area contributed by atoms with Gasteiger partial charge in [0.25, 0.3) is 0 Å². The second kappa shape index (κ2) is 6.36. The Labute approximate surface area is 128 Å². The van der Waals surface area contributed by atoms with Crippen LogP contribution in [0.15, 0.2) is 46.9 Å². The van der Waals surface area contributed by atoms with Crippen LogP contribution >= 0.6 is 15.9 Å². The van der Waals surface area contributed by atoms with Gasteiger partial charge in [0, 0.05) is 6.07 Å². The fourth-order valence-electron chi connectivity index (χ4n) is 1.65. The topological polar surface area (TPSA) is 78.7 Å². The molecule has 0 unspecified atom stereocenters. The van der Waals surface area contributed by atoms with Gasteiger partial charge in [-0.25, -0.2) is 4.79 Å². The fraction of sp³-hybridized carbons (Fsp3) is 0.0714. The number of halogens is 1. The third kappa shape index (κ3) is 3.38. The maximum absolute atomic E-state index is 12.0. The highest BCUT2D eigenvalue weighted by Gasteiger charge is 2.19. The number of carbonyl (C=O) groups excluding carboxylic acids is 1. The van der Waals surface area contributed by atoms with Crippen LogP contribution in [0.4, 0.5) is 5.69 Å². The van der Waals surface area contributed by atoms with Gasteiger partial charge in [-0.15, -0.1) is 0 Å². The zero-order valence-corrected chi connectivity index (χ0v) is 12.5. The van der Waals surface area contributed by atoms with E-state index in [0.717, 1.165) is 6.07 Å². The SMILES string of the molecule is COc1ccc(C(=O)Oc2ccccc2Br)cc1[N+](=O)[O-]. The molecule has 0 aliphatic heterocycles. The number of nitro groups is 1. The molecule has 0 saturated carbocycles. The summed E-state index contributed by atoms with van der Waals surface area (Å²) in [5.74, 6) is -0.272. The highest BCUT2D eigenvalue weighted by molar-refractivity contribution is 9.10. The van der Waals surface area contributed by atoms with Crippen molar-refractivity contribution in [1.82, 2.24) is 0 Å². The van der Waals surface area contributed by atoms with Gasteiger partial charge >= 0.3 is 11.7 Å². The Hall–Kier alpha value is -2.41. The lowest BCUT2D eigenvalue weighted by molar-refractivity contribution is -0.385. The molecular formula is C14H10BrNO5. The van der Waals surface area contributed by atoms with Crippen LogP contribution in [0.5, 0.6) is 11.5 Å². The monoisotopic (exact) mass is 351 g/mol. The van der Waals surface area contributed by atoms with E-state index < -0.39 is 10.9 Å². The summed E-state index contributed by atoms with van der Waals surface area (Å²) in [5.41, 5.74) is -0.225. The standard InChI is InChI=1S/C14H10BrNO5/c1-20-13-7-6-9(8-11(13)16(18)19)14(17)21-12-5-3-2-4-10(12)15/h2-8H,1H3. The zero-order valence-electron chi connectivity index (χ0n) is 10.9. The Balaban J connectivity index is 2.30. The minimum Gasteiger partial charge on any atom is -0.490 e. The van der Waals surface area contributed by atoms with Crippen LogP contribution in [0.2, 0.25) is 0 Å². The molecule has 2 aromatic carbocycles. The Morgan fingerprint density at radius 1 is 1.19 bits per heavy atom. The highest BCUT2D eigenvalue weighted by atomic mass is 79.9. The van der Waals surface area contributed by atoms with E-state index in [1.807, 2.05) is 0 Å². The number of hydrogen-bond donors (Lipinski definition) is 0. The minimum atomic E-state index is -0.687. The van der Waals surface area contributed by atoms with E-state index in [1.165, 1.54) is 19.2 Å². The quantitative estimate of drug-likeness (QED) is 0.364. The summed E-state index contributed by atoms with van der Waals surface area (Å²) < 4.78 is 10.7. The number of rotatable bonds is 4. The summed E-state index contributed by atoms with van der Waals surface area (Å²) in [6.07, 6.45) is 0. The van der Waals surface area contributed by atoms with E-state index in [-0.39, 0.29) is 17.0 Å². The van der Waals surface area contributed by atoms with Crippen molar-refractivity contribution in [3.05, 3.63) is 62.6 Å². The number of para-hydroxylation sites is 1. The Morgan fingerprint density at radius 3 is 2.52 bits per heavy atom. The molecule has 2 rings (SSSR count). The molecule has 2 aromatic rings. The van der Waals surface area contributed by atoms with Gasteiger partial charge in [0.05, 0.1) is 22.1 Å². The van der Waals surface area contributed by atoms with E-state index in [0.29, 0.717) is 10.2 Å². The van der Waals surface area contributed by atoms with Crippen LogP contribution in [-0.4, -0.2) is 18.0 Å². The van der Waals surface area contributed by atoms with Crippen molar-refractivity contribution in [2.75, 3.05) is 7.11 Å². The molecule has 7 heteroatoms. The van der Waals surface area contributed by atoms with Gasteiger partial charge in [-0.2, -0.15) is 0 Å². The Morgan fingerprint density at radius 2 is 1.90 bits per heavy atom. The minimum absolute atomic E-state index is 0.0678. The number of esters is 1. The van der Waals surface area contributed by atoms with Crippen molar-refractivity contribution in [2.45, 2.75) is 0 Å². The molecule has 0 saturated heterocycles. The fourth-order valence-corrected chi connectivity index (χ4v) is 2.01. The van der Waals surface area contributed by atoms with Crippen LogP contribution in [-0.2, 0) is 0 Å². The molecule has 21 heavy (non-hydrogen) atoms. The number of nitrogens with zero attached hydrogens (tertiary/aromatic N) is 1. The maximum atomic E-state index is 12.0. The molecule has 6 nitrogen and oxygen atoms in total. The lowest BCUT2D eigenvalue weighted by atomic mass is 10.2. The second-order valence-corrected chi connectivity index (χ2v) is 4.82. The van der Waals surface area contributed by atoms with Gasteiger partial charge in [-0.05, 0) is 40.2 Å². The van der Waals surface area contributed by atoms with E-state index in [1.54, 1.807) is 24.3 Å². The van der Waals surface area contributed by atoms with Crippen molar-refractivity contribution in [3.63, 3.8) is 0 Å². The number of benzene rings is 2. The van der Waals surface area contributed by atoms with Crippen molar-refractivity contribution in [3.8, 4) is 11.5 Å². The van der Waals surface area contributed by atoms with Crippen LogP contribution in [0.25, 0.3) is 0 Å². The first kappa shape index (κ1) is 15.0. The van der Waals surface area contributed by atoms with E-state index in [2.05, 4.69) is 15.9 Å². The van der Waals surface area contributed by atoms with Gasteiger partial charge in [0.2, 0.25) is 0 Å². The molecule has 0 fully saturated rings.